The number of hydrogen-bond donors (Lipinski definition) is 1. The van der Waals surface area contributed by atoms with E-state index in [1.54, 1.807) is 20.8 Å². The SMILES string of the molecule is CC(=O)OC1C(C)=C(Cl)C(=O)N1c1noc(C(C)(C)C)c1C#N.CC(=O)OC1C(C)=C(Cl)C(=O)N1c1noc(C(C)(C)C)c1C#N.CC1=C(Cl)C(=O)N(c2noc(C(C)(C)C)c2C#N)C1O. The molecule has 0 saturated carbocycles. The van der Waals surface area contributed by atoms with Gasteiger partial charge in [0.2, 0.25) is 24.1 Å². The number of carbonyl (C=O) groups is 5. The number of carbonyl (C=O) groups excluding carboxylic acids is 5. The first-order valence-electron chi connectivity index (χ1n) is 19.7. The van der Waals surface area contributed by atoms with E-state index in [2.05, 4.69) is 15.5 Å². The number of esters is 2. The second-order valence-electron chi connectivity index (χ2n) is 18.0. The number of anilines is 3. The van der Waals surface area contributed by atoms with E-state index in [1.807, 2.05) is 80.5 Å². The van der Waals surface area contributed by atoms with Crippen LogP contribution in [0.25, 0.3) is 0 Å². The molecule has 23 heteroatoms. The maximum Gasteiger partial charge on any atom is 0.304 e. The topological polar surface area (TPSA) is 283 Å². The number of aromatic nitrogens is 3. The van der Waals surface area contributed by atoms with Crippen LogP contribution in [0.3, 0.4) is 0 Å². The van der Waals surface area contributed by atoms with Gasteiger partial charge in [-0.2, -0.15) is 15.8 Å². The monoisotopic (exact) mass is 969 g/mol. The minimum atomic E-state index is -1.24. The lowest BCUT2D eigenvalue weighted by Gasteiger charge is -2.23. The number of amides is 3. The van der Waals surface area contributed by atoms with Crippen LogP contribution in [0, 0.1) is 34.0 Å². The Morgan fingerprint density at radius 3 is 1.05 bits per heavy atom. The van der Waals surface area contributed by atoms with Gasteiger partial charge in [-0.15, -0.1) is 0 Å². The lowest BCUT2D eigenvalue weighted by Crippen LogP contribution is -2.39. The Labute approximate surface area is 394 Å². The van der Waals surface area contributed by atoms with E-state index in [0.29, 0.717) is 34.0 Å². The summed E-state index contributed by atoms with van der Waals surface area (Å²) in [7, 11) is 0. The van der Waals surface area contributed by atoms with Crippen molar-refractivity contribution in [1.82, 2.24) is 15.5 Å². The minimum Gasteiger partial charge on any atom is -0.437 e. The minimum absolute atomic E-state index is 0.00933. The average molecular weight is 971 g/mol. The van der Waals surface area contributed by atoms with Gasteiger partial charge in [-0.3, -0.25) is 28.9 Å². The average Bonchev–Trinajstić information content (AvgIpc) is 4.05. The van der Waals surface area contributed by atoms with Gasteiger partial charge in [0.25, 0.3) is 17.7 Å². The van der Waals surface area contributed by atoms with Crippen molar-refractivity contribution in [2.75, 3.05) is 14.7 Å². The van der Waals surface area contributed by atoms with Crippen LogP contribution < -0.4 is 14.7 Å². The summed E-state index contributed by atoms with van der Waals surface area (Å²) in [5.41, 5.74) is 0.00216. The zero-order valence-electron chi connectivity index (χ0n) is 38.4. The van der Waals surface area contributed by atoms with Crippen LogP contribution in [0.1, 0.15) is 131 Å². The number of ether oxygens (including phenoxy) is 2. The van der Waals surface area contributed by atoms with Gasteiger partial charge in [-0.1, -0.05) is 113 Å². The summed E-state index contributed by atoms with van der Waals surface area (Å²) in [5.74, 6) is -1.96. The molecule has 3 aromatic rings. The summed E-state index contributed by atoms with van der Waals surface area (Å²) in [5, 5.41) is 49.5. The molecule has 6 heterocycles. The summed E-state index contributed by atoms with van der Waals surface area (Å²) in [6.45, 7) is 23.8. The van der Waals surface area contributed by atoms with E-state index < -0.39 is 64.6 Å². The van der Waals surface area contributed by atoms with Crippen LogP contribution in [0.5, 0.6) is 0 Å². The molecule has 0 aromatic carbocycles. The smallest absolute Gasteiger partial charge is 0.304 e. The lowest BCUT2D eigenvalue weighted by molar-refractivity contribution is -0.146. The van der Waals surface area contributed by atoms with Crippen molar-refractivity contribution in [2.45, 2.75) is 132 Å². The molecule has 0 saturated heterocycles. The highest BCUT2D eigenvalue weighted by Crippen LogP contribution is 2.41. The number of nitrogens with zero attached hydrogens (tertiary/aromatic N) is 9. The van der Waals surface area contributed by atoms with Gasteiger partial charge >= 0.3 is 11.9 Å². The molecular weight excluding hydrogens is 925 g/mol. The Kier molecular flexibility index (Phi) is 15.1. The number of rotatable bonds is 5. The fraction of sp³-hybridized carbons (Fsp3) is 0.465. The molecule has 3 aliphatic rings. The largest absolute Gasteiger partial charge is 0.437 e. The maximum atomic E-state index is 12.4. The fourth-order valence-corrected chi connectivity index (χ4v) is 7.02. The molecule has 0 radical (unpaired) electrons. The summed E-state index contributed by atoms with van der Waals surface area (Å²) in [6.07, 6.45) is -3.32. The predicted octanol–water partition coefficient (Wildman–Crippen LogP) is 7.21. The van der Waals surface area contributed by atoms with Gasteiger partial charge in [0.1, 0.15) is 50.0 Å². The van der Waals surface area contributed by atoms with Crippen LogP contribution in [0.2, 0.25) is 0 Å². The summed E-state index contributed by atoms with van der Waals surface area (Å²) in [6, 6.07) is 5.97. The molecule has 0 aliphatic carbocycles. The number of halogens is 3. The van der Waals surface area contributed by atoms with Gasteiger partial charge in [0.15, 0.2) is 29.3 Å². The predicted molar refractivity (Wildman–Crippen MR) is 235 cm³/mol. The zero-order chi connectivity index (χ0) is 50.3. The van der Waals surface area contributed by atoms with Crippen molar-refractivity contribution in [3.05, 3.63) is 65.8 Å². The van der Waals surface area contributed by atoms with Crippen LogP contribution in [0.4, 0.5) is 17.5 Å². The number of nitriles is 3. The molecule has 66 heavy (non-hydrogen) atoms. The molecule has 3 atom stereocenters. The molecule has 3 amide bonds. The summed E-state index contributed by atoms with van der Waals surface area (Å²) in [4.78, 5) is 62.6. The molecule has 0 spiro atoms. The highest BCUT2D eigenvalue weighted by Gasteiger charge is 2.46. The number of aliphatic hydroxyl groups is 1. The maximum absolute atomic E-state index is 12.4. The first-order chi connectivity index (χ1) is 30.4. The van der Waals surface area contributed by atoms with Crippen molar-refractivity contribution in [1.29, 1.82) is 15.8 Å². The Hall–Kier alpha value is -6.50. The highest BCUT2D eigenvalue weighted by molar-refractivity contribution is 6.46. The third-order valence-corrected chi connectivity index (χ3v) is 11.1. The van der Waals surface area contributed by atoms with E-state index >= 15 is 0 Å². The molecule has 20 nitrogen and oxygen atoms in total. The van der Waals surface area contributed by atoms with Crippen LogP contribution >= 0.6 is 34.8 Å². The third kappa shape index (κ3) is 9.85. The van der Waals surface area contributed by atoms with Crippen molar-refractivity contribution < 1.29 is 52.1 Å². The first-order valence-corrected chi connectivity index (χ1v) is 20.8. The summed E-state index contributed by atoms with van der Waals surface area (Å²) < 4.78 is 26.0. The van der Waals surface area contributed by atoms with Crippen molar-refractivity contribution in [3.8, 4) is 18.2 Å². The molecule has 3 aromatic heterocycles. The van der Waals surface area contributed by atoms with E-state index in [4.69, 9.17) is 57.8 Å². The van der Waals surface area contributed by atoms with Gasteiger partial charge in [0.05, 0.1) is 0 Å². The molecule has 0 fully saturated rings. The second kappa shape index (κ2) is 19.1. The van der Waals surface area contributed by atoms with E-state index in [9.17, 15) is 44.9 Å². The van der Waals surface area contributed by atoms with E-state index in [0.717, 1.165) is 14.7 Å². The van der Waals surface area contributed by atoms with E-state index in [-0.39, 0.29) is 49.2 Å². The van der Waals surface area contributed by atoms with Gasteiger partial charge in [0, 0.05) is 46.8 Å². The number of aliphatic hydroxyl groups excluding tert-OH is 1. The Balaban J connectivity index is 0.000000217. The quantitative estimate of drug-likeness (QED) is 0.247. The summed E-state index contributed by atoms with van der Waals surface area (Å²) >= 11 is 17.8. The first kappa shape index (κ1) is 52.1. The molecule has 6 rings (SSSR count). The second-order valence-corrected chi connectivity index (χ2v) is 19.2. The molecule has 3 aliphatic heterocycles. The van der Waals surface area contributed by atoms with Crippen LogP contribution in [-0.4, -0.2) is 68.9 Å². The van der Waals surface area contributed by atoms with Crippen LogP contribution in [-0.2, 0) is 49.7 Å². The normalized spacial score (nSPS) is 18.8. The Morgan fingerprint density at radius 2 is 0.818 bits per heavy atom. The van der Waals surface area contributed by atoms with Crippen molar-refractivity contribution in [2.24, 2.45) is 0 Å². The van der Waals surface area contributed by atoms with Crippen molar-refractivity contribution in [3.63, 3.8) is 0 Å². The standard InChI is InChI=1S/2C15H16ClN3O4.C13H14ClN3O3/c2*1-7-10(16)13(21)19(14(7)22-8(2)20)12-9(6-17)11(23-18-12)15(3,4)5;1-6-8(14)12(19)17(11(6)18)10-7(5-15)9(20-16-10)13(2,3)4/h2*14H,1-5H3;11,18H,1-4H3. The Bertz CT molecular complexity index is 2610. The van der Waals surface area contributed by atoms with E-state index in [1.165, 1.54) is 13.8 Å². The van der Waals surface area contributed by atoms with Crippen LogP contribution in [0.15, 0.2) is 45.4 Å². The Morgan fingerprint density at radius 1 is 0.561 bits per heavy atom. The van der Waals surface area contributed by atoms with Gasteiger partial charge in [-0.05, 0) is 20.8 Å². The molecule has 350 valence electrons. The zero-order valence-corrected chi connectivity index (χ0v) is 40.7. The molecule has 0 bridgehead atoms. The lowest BCUT2D eigenvalue weighted by atomic mass is 9.90. The fourth-order valence-electron chi connectivity index (χ4n) is 6.46. The molecule has 1 N–H and O–H groups in total. The van der Waals surface area contributed by atoms with Gasteiger partial charge < -0.3 is 28.1 Å². The van der Waals surface area contributed by atoms with Crippen molar-refractivity contribution >= 4 is 81.9 Å². The highest BCUT2D eigenvalue weighted by atomic mass is 35.5. The molecule has 3 unspecified atom stereocenters. The third-order valence-electron chi connectivity index (χ3n) is 9.74. The molecular formula is C43H46Cl3N9O11. The van der Waals surface area contributed by atoms with Gasteiger partial charge in [-0.25, -0.2) is 9.80 Å². The number of hydrogen-bond acceptors (Lipinski definition) is 17.